The summed E-state index contributed by atoms with van der Waals surface area (Å²) in [7, 11) is 0. The maximum absolute atomic E-state index is 11.9. The summed E-state index contributed by atoms with van der Waals surface area (Å²) >= 11 is 2.25. The lowest BCUT2D eigenvalue weighted by atomic mass is 10.1. The molecule has 0 spiro atoms. The molecule has 1 N–H and O–H groups in total. The second-order valence-electron chi connectivity index (χ2n) is 5.09. The number of rotatable bonds is 4. The van der Waals surface area contributed by atoms with Gasteiger partial charge in [0.05, 0.1) is 12.2 Å². The van der Waals surface area contributed by atoms with Crippen LogP contribution in [0.1, 0.15) is 29.8 Å². The van der Waals surface area contributed by atoms with Crippen molar-refractivity contribution in [1.29, 1.82) is 0 Å². The lowest BCUT2D eigenvalue weighted by Crippen LogP contribution is -2.48. The molecule has 0 aromatic heterocycles. The molecule has 0 amide bonds. The Labute approximate surface area is 146 Å². The van der Waals surface area contributed by atoms with Gasteiger partial charge in [-0.2, -0.15) is 0 Å². The van der Waals surface area contributed by atoms with Gasteiger partial charge in [-0.1, -0.05) is 12.1 Å². The molecule has 0 aliphatic carbocycles. The van der Waals surface area contributed by atoms with Crippen LogP contribution in [0.25, 0.3) is 0 Å². The molecule has 0 bridgehead atoms. The second kappa shape index (κ2) is 8.92. The molecule has 1 heterocycles. The van der Waals surface area contributed by atoms with Crippen LogP contribution in [0.5, 0.6) is 0 Å². The van der Waals surface area contributed by atoms with E-state index in [1.54, 1.807) is 0 Å². The van der Waals surface area contributed by atoms with Crippen molar-refractivity contribution in [2.45, 2.75) is 26.4 Å². The standard InChI is InChI=1S/C15H21IN2O2.ClH/c1-3-20-15(19)13-6-4-5-12(14(13)16)10-18-8-7-17-11(2)9-18;/h4-6,11,17H,3,7-10H2,1-2H3;1H. The Balaban J connectivity index is 0.00000220. The molecule has 1 aliphatic heterocycles. The fourth-order valence-corrected chi connectivity index (χ4v) is 3.22. The van der Waals surface area contributed by atoms with Gasteiger partial charge in [0.25, 0.3) is 0 Å². The number of ether oxygens (including phenoxy) is 1. The normalized spacial score (nSPS) is 18.9. The van der Waals surface area contributed by atoms with E-state index in [4.69, 9.17) is 4.74 Å². The van der Waals surface area contributed by atoms with Crippen molar-refractivity contribution in [3.63, 3.8) is 0 Å². The first-order valence-corrected chi connectivity index (χ1v) is 8.10. The molecule has 0 saturated carbocycles. The van der Waals surface area contributed by atoms with Crippen molar-refractivity contribution in [3.8, 4) is 0 Å². The highest BCUT2D eigenvalue weighted by molar-refractivity contribution is 14.1. The summed E-state index contributed by atoms with van der Waals surface area (Å²) in [6, 6.07) is 6.39. The Morgan fingerprint density at radius 2 is 2.29 bits per heavy atom. The molecule has 118 valence electrons. The van der Waals surface area contributed by atoms with E-state index in [1.807, 2.05) is 19.1 Å². The van der Waals surface area contributed by atoms with E-state index in [0.29, 0.717) is 18.2 Å². The van der Waals surface area contributed by atoms with Crippen LogP contribution in [-0.2, 0) is 11.3 Å². The van der Waals surface area contributed by atoms with Gasteiger partial charge < -0.3 is 10.1 Å². The molecule has 4 nitrogen and oxygen atoms in total. The van der Waals surface area contributed by atoms with E-state index in [9.17, 15) is 4.79 Å². The van der Waals surface area contributed by atoms with Gasteiger partial charge in [-0.3, -0.25) is 4.90 Å². The Kier molecular flexibility index (Phi) is 7.94. The van der Waals surface area contributed by atoms with Crippen LogP contribution in [0.2, 0.25) is 0 Å². The van der Waals surface area contributed by atoms with Crippen molar-refractivity contribution in [2.75, 3.05) is 26.2 Å². The maximum atomic E-state index is 11.9. The molecule has 2 rings (SSSR count). The van der Waals surface area contributed by atoms with Gasteiger partial charge >= 0.3 is 5.97 Å². The van der Waals surface area contributed by atoms with Crippen LogP contribution in [-0.4, -0.2) is 43.2 Å². The Morgan fingerprint density at radius 3 is 2.95 bits per heavy atom. The number of carbonyl (C=O) groups is 1. The minimum Gasteiger partial charge on any atom is -0.462 e. The highest BCUT2D eigenvalue weighted by atomic mass is 127. The maximum Gasteiger partial charge on any atom is 0.339 e. The molecule has 0 radical (unpaired) electrons. The van der Waals surface area contributed by atoms with Crippen LogP contribution in [0.15, 0.2) is 18.2 Å². The molecule has 1 aromatic carbocycles. The van der Waals surface area contributed by atoms with Gasteiger partial charge in [0.2, 0.25) is 0 Å². The van der Waals surface area contributed by atoms with E-state index in [1.165, 1.54) is 5.56 Å². The van der Waals surface area contributed by atoms with Crippen LogP contribution in [0.3, 0.4) is 0 Å². The number of benzene rings is 1. The molecule has 1 aromatic rings. The zero-order chi connectivity index (χ0) is 14.5. The van der Waals surface area contributed by atoms with Gasteiger partial charge in [-0.05, 0) is 48.1 Å². The molecule has 1 unspecified atom stereocenters. The first-order chi connectivity index (χ1) is 9.61. The topological polar surface area (TPSA) is 41.6 Å². The van der Waals surface area contributed by atoms with Gasteiger partial charge in [0.1, 0.15) is 0 Å². The van der Waals surface area contributed by atoms with Crippen molar-refractivity contribution >= 4 is 41.0 Å². The molecular weight excluding hydrogens is 403 g/mol. The number of carbonyl (C=O) groups excluding carboxylic acids is 1. The fraction of sp³-hybridized carbons (Fsp3) is 0.533. The third-order valence-corrected chi connectivity index (χ3v) is 4.69. The minimum absolute atomic E-state index is 0. The van der Waals surface area contributed by atoms with Crippen LogP contribution < -0.4 is 5.32 Å². The van der Waals surface area contributed by atoms with Crippen LogP contribution in [0.4, 0.5) is 0 Å². The largest absolute Gasteiger partial charge is 0.462 e. The van der Waals surface area contributed by atoms with Crippen molar-refractivity contribution < 1.29 is 9.53 Å². The minimum atomic E-state index is -0.229. The van der Waals surface area contributed by atoms with Gasteiger partial charge in [-0.25, -0.2) is 4.79 Å². The zero-order valence-corrected chi connectivity index (χ0v) is 15.4. The Morgan fingerprint density at radius 1 is 1.52 bits per heavy atom. The third kappa shape index (κ3) is 5.09. The van der Waals surface area contributed by atoms with Crippen LogP contribution in [0, 0.1) is 3.57 Å². The third-order valence-electron chi connectivity index (χ3n) is 3.42. The predicted molar refractivity (Wildman–Crippen MR) is 95.1 cm³/mol. The molecule has 21 heavy (non-hydrogen) atoms. The van der Waals surface area contributed by atoms with Crippen molar-refractivity contribution in [3.05, 3.63) is 32.9 Å². The number of hydrogen-bond acceptors (Lipinski definition) is 4. The van der Waals surface area contributed by atoms with E-state index in [0.717, 1.165) is 29.7 Å². The first kappa shape index (κ1) is 18.7. The first-order valence-electron chi connectivity index (χ1n) is 7.02. The van der Waals surface area contributed by atoms with E-state index >= 15 is 0 Å². The summed E-state index contributed by atoms with van der Waals surface area (Å²) in [6.07, 6.45) is 0. The average Bonchev–Trinajstić information content (AvgIpc) is 2.41. The lowest BCUT2D eigenvalue weighted by Gasteiger charge is -2.32. The SMILES string of the molecule is CCOC(=O)c1cccc(CN2CCNC(C)C2)c1I.Cl. The van der Waals surface area contributed by atoms with E-state index in [-0.39, 0.29) is 18.4 Å². The molecule has 1 saturated heterocycles. The van der Waals surface area contributed by atoms with Gasteiger partial charge in [0, 0.05) is 35.8 Å². The highest BCUT2D eigenvalue weighted by Crippen LogP contribution is 2.20. The van der Waals surface area contributed by atoms with E-state index in [2.05, 4.69) is 45.8 Å². The smallest absolute Gasteiger partial charge is 0.339 e. The van der Waals surface area contributed by atoms with Crippen molar-refractivity contribution in [1.82, 2.24) is 10.2 Å². The summed E-state index contributed by atoms with van der Waals surface area (Å²) in [4.78, 5) is 14.3. The monoisotopic (exact) mass is 424 g/mol. The summed E-state index contributed by atoms with van der Waals surface area (Å²) in [5.74, 6) is -0.229. The number of esters is 1. The molecule has 1 atom stereocenters. The number of halogens is 2. The average molecular weight is 425 g/mol. The Bertz CT molecular complexity index is 485. The number of piperazine rings is 1. The number of hydrogen-bond donors (Lipinski definition) is 1. The summed E-state index contributed by atoms with van der Waals surface area (Å²) in [5, 5.41) is 3.44. The second-order valence-corrected chi connectivity index (χ2v) is 6.17. The molecule has 6 heteroatoms. The summed E-state index contributed by atoms with van der Waals surface area (Å²) in [6.45, 7) is 8.44. The highest BCUT2D eigenvalue weighted by Gasteiger charge is 2.19. The number of nitrogens with one attached hydrogen (secondary N) is 1. The zero-order valence-electron chi connectivity index (χ0n) is 12.4. The fourth-order valence-electron chi connectivity index (χ4n) is 2.47. The summed E-state index contributed by atoms with van der Waals surface area (Å²) in [5.41, 5.74) is 1.87. The molecular formula is C15H22ClIN2O2. The molecule has 1 fully saturated rings. The van der Waals surface area contributed by atoms with E-state index < -0.39 is 0 Å². The molecule has 1 aliphatic rings. The lowest BCUT2D eigenvalue weighted by molar-refractivity contribution is 0.0524. The van der Waals surface area contributed by atoms with Gasteiger partial charge in [0.15, 0.2) is 0 Å². The number of nitrogens with zero attached hydrogens (tertiary/aromatic N) is 1. The van der Waals surface area contributed by atoms with Crippen molar-refractivity contribution in [2.24, 2.45) is 0 Å². The summed E-state index contributed by atoms with van der Waals surface area (Å²) < 4.78 is 6.11. The quantitative estimate of drug-likeness (QED) is 0.596. The van der Waals surface area contributed by atoms with Gasteiger partial charge in [-0.15, -0.1) is 12.4 Å². The Hall–Kier alpha value is -0.370. The predicted octanol–water partition coefficient (Wildman–Crippen LogP) is 2.68. The van der Waals surface area contributed by atoms with Crippen LogP contribution >= 0.6 is 35.0 Å².